The summed E-state index contributed by atoms with van der Waals surface area (Å²) in [5.74, 6) is 0.429. The summed E-state index contributed by atoms with van der Waals surface area (Å²) in [4.78, 5) is 11.9. The normalized spacial score (nSPS) is 17.1. The first-order valence-electron chi connectivity index (χ1n) is 6.13. The summed E-state index contributed by atoms with van der Waals surface area (Å²) in [7, 11) is 0. The Bertz CT molecular complexity index is 350. The molecule has 0 heterocycles. The molecule has 1 aromatic carbocycles. The van der Waals surface area contributed by atoms with Crippen molar-refractivity contribution in [2.24, 2.45) is 5.92 Å². The molecule has 2 rings (SSSR count). The second-order valence-electron chi connectivity index (χ2n) is 4.69. The standard InChI is InChI=1S/C14H19NO/c1-11-7-9-13(10-8-11)15-14(16)12-5-3-2-4-6-12/h7-10,12H,2-6H2,1H3,(H,15,16). The summed E-state index contributed by atoms with van der Waals surface area (Å²) in [5.41, 5.74) is 2.14. The number of carbonyl (C=O) groups is 1. The highest BCUT2D eigenvalue weighted by Crippen LogP contribution is 2.24. The highest BCUT2D eigenvalue weighted by molar-refractivity contribution is 5.92. The predicted molar refractivity (Wildman–Crippen MR) is 66.4 cm³/mol. The van der Waals surface area contributed by atoms with Crippen molar-refractivity contribution in [1.82, 2.24) is 0 Å². The molecule has 0 atom stereocenters. The lowest BCUT2D eigenvalue weighted by molar-refractivity contribution is -0.120. The fourth-order valence-electron chi connectivity index (χ4n) is 2.25. The summed E-state index contributed by atoms with van der Waals surface area (Å²) in [5, 5.41) is 3.00. The van der Waals surface area contributed by atoms with Gasteiger partial charge in [-0.3, -0.25) is 4.79 Å². The molecule has 86 valence electrons. The van der Waals surface area contributed by atoms with Gasteiger partial charge in [-0.1, -0.05) is 37.0 Å². The maximum absolute atomic E-state index is 11.9. The molecular weight excluding hydrogens is 198 g/mol. The minimum absolute atomic E-state index is 0.198. The Kier molecular flexibility index (Phi) is 3.60. The number of anilines is 1. The van der Waals surface area contributed by atoms with E-state index in [4.69, 9.17) is 0 Å². The van der Waals surface area contributed by atoms with E-state index in [1.54, 1.807) is 0 Å². The van der Waals surface area contributed by atoms with Crippen LogP contribution < -0.4 is 5.32 Å². The summed E-state index contributed by atoms with van der Waals surface area (Å²) >= 11 is 0. The van der Waals surface area contributed by atoms with Gasteiger partial charge in [-0.15, -0.1) is 0 Å². The van der Waals surface area contributed by atoms with Gasteiger partial charge in [0, 0.05) is 11.6 Å². The van der Waals surface area contributed by atoms with Crippen LogP contribution in [0.5, 0.6) is 0 Å². The Morgan fingerprint density at radius 3 is 2.38 bits per heavy atom. The molecule has 0 aromatic heterocycles. The van der Waals surface area contributed by atoms with Gasteiger partial charge in [0.15, 0.2) is 0 Å². The number of hydrogen-bond donors (Lipinski definition) is 1. The third-order valence-electron chi connectivity index (χ3n) is 3.30. The van der Waals surface area contributed by atoms with Gasteiger partial charge >= 0.3 is 0 Å². The fourth-order valence-corrected chi connectivity index (χ4v) is 2.25. The molecule has 0 unspecified atom stereocenters. The van der Waals surface area contributed by atoms with Gasteiger partial charge in [0.1, 0.15) is 0 Å². The van der Waals surface area contributed by atoms with Crippen LogP contribution in [0.3, 0.4) is 0 Å². The van der Waals surface area contributed by atoms with Crippen molar-refractivity contribution >= 4 is 11.6 Å². The first-order valence-corrected chi connectivity index (χ1v) is 6.13. The van der Waals surface area contributed by atoms with E-state index in [-0.39, 0.29) is 11.8 Å². The van der Waals surface area contributed by atoms with Crippen molar-refractivity contribution in [3.8, 4) is 0 Å². The minimum atomic E-state index is 0.198. The number of benzene rings is 1. The van der Waals surface area contributed by atoms with Gasteiger partial charge in [-0.2, -0.15) is 0 Å². The largest absolute Gasteiger partial charge is 0.326 e. The molecule has 1 aromatic rings. The maximum atomic E-state index is 11.9. The lowest BCUT2D eigenvalue weighted by Crippen LogP contribution is -2.24. The number of rotatable bonds is 2. The van der Waals surface area contributed by atoms with E-state index in [1.807, 2.05) is 31.2 Å². The van der Waals surface area contributed by atoms with Crippen LogP contribution in [0, 0.1) is 12.8 Å². The maximum Gasteiger partial charge on any atom is 0.227 e. The minimum Gasteiger partial charge on any atom is -0.326 e. The molecule has 0 spiro atoms. The number of carbonyl (C=O) groups excluding carboxylic acids is 1. The van der Waals surface area contributed by atoms with E-state index in [1.165, 1.54) is 24.8 Å². The monoisotopic (exact) mass is 217 g/mol. The molecule has 2 nitrogen and oxygen atoms in total. The van der Waals surface area contributed by atoms with Crippen molar-refractivity contribution < 1.29 is 4.79 Å². The van der Waals surface area contributed by atoms with Gasteiger partial charge in [0.25, 0.3) is 0 Å². The quantitative estimate of drug-likeness (QED) is 0.807. The smallest absolute Gasteiger partial charge is 0.227 e. The topological polar surface area (TPSA) is 29.1 Å². The van der Waals surface area contributed by atoms with E-state index >= 15 is 0 Å². The van der Waals surface area contributed by atoms with Gasteiger partial charge < -0.3 is 5.32 Å². The van der Waals surface area contributed by atoms with Crippen LogP contribution in [0.1, 0.15) is 37.7 Å². The van der Waals surface area contributed by atoms with E-state index in [0.717, 1.165) is 18.5 Å². The number of hydrogen-bond acceptors (Lipinski definition) is 1. The van der Waals surface area contributed by atoms with Crippen molar-refractivity contribution in [2.45, 2.75) is 39.0 Å². The first-order chi connectivity index (χ1) is 7.75. The zero-order valence-corrected chi connectivity index (χ0v) is 9.83. The Balaban J connectivity index is 1.93. The predicted octanol–water partition coefficient (Wildman–Crippen LogP) is 3.51. The van der Waals surface area contributed by atoms with Crippen LogP contribution in [0.25, 0.3) is 0 Å². The molecule has 1 N–H and O–H groups in total. The van der Waals surface area contributed by atoms with Crippen molar-refractivity contribution in [1.29, 1.82) is 0 Å². The molecule has 1 amide bonds. The molecule has 1 aliphatic rings. The first kappa shape index (κ1) is 11.2. The average Bonchev–Trinajstić information content (AvgIpc) is 2.33. The number of nitrogens with one attached hydrogen (secondary N) is 1. The lowest BCUT2D eigenvalue weighted by Gasteiger charge is -2.20. The summed E-state index contributed by atoms with van der Waals surface area (Å²) < 4.78 is 0. The SMILES string of the molecule is Cc1ccc(NC(=O)C2CCCCC2)cc1. The summed E-state index contributed by atoms with van der Waals surface area (Å²) in [6, 6.07) is 7.99. The van der Waals surface area contributed by atoms with Crippen LogP contribution in [0.4, 0.5) is 5.69 Å². The van der Waals surface area contributed by atoms with Gasteiger partial charge in [-0.05, 0) is 31.9 Å². The Morgan fingerprint density at radius 2 is 1.75 bits per heavy atom. The Labute approximate surface area is 97.1 Å². The zero-order chi connectivity index (χ0) is 11.4. The highest BCUT2D eigenvalue weighted by atomic mass is 16.1. The number of amides is 1. The molecule has 16 heavy (non-hydrogen) atoms. The third kappa shape index (κ3) is 2.84. The van der Waals surface area contributed by atoms with Crippen molar-refractivity contribution in [2.75, 3.05) is 5.32 Å². The molecule has 1 saturated carbocycles. The van der Waals surface area contributed by atoms with Crippen LogP contribution >= 0.6 is 0 Å². The van der Waals surface area contributed by atoms with E-state index in [2.05, 4.69) is 5.32 Å². The van der Waals surface area contributed by atoms with Crippen molar-refractivity contribution in [3.05, 3.63) is 29.8 Å². The zero-order valence-electron chi connectivity index (χ0n) is 9.83. The average molecular weight is 217 g/mol. The summed E-state index contributed by atoms with van der Waals surface area (Å²) in [6.07, 6.45) is 5.79. The van der Waals surface area contributed by atoms with Crippen LogP contribution in [0.2, 0.25) is 0 Å². The Hall–Kier alpha value is -1.31. The molecule has 0 bridgehead atoms. The molecule has 1 aliphatic carbocycles. The Morgan fingerprint density at radius 1 is 1.12 bits per heavy atom. The fraction of sp³-hybridized carbons (Fsp3) is 0.500. The molecule has 0 aliphatic heterocycles. The molecule has 0 radical (unpaired) electrons. The van der Waals surface area contributed by atoms with Crippen LogP contribution in [-0.4, -0.2) is 5.91 Å². The highest BCUT2D eigenvalue weighted by Gasteiger charge is 2.20. The van der Waals surface area contributed by atoms with E-state index in [9.17, 15) is 4.79 Å². The number of aryl methyl sites for hydroxylation is 1. The second-order valence-corrected chi connectivity index (χ2v) is 4.69. The third-order valence-corrected chi connectivity index (χ3v) is 3.30. The molecular formula is C14H19NO. The van der Waals surface area contributed by atoms with Crippen molar-refractivity contribution in [3.63, 3.8) is 0 Å². The van der Waals surface area contributed by atoms with Gasteiger partial charge in [-0.25, -0.2) is 0 Å². The van der Waals surface area contributed by atoms with Crippen LogP contribution in [-0.2, 0) is 4.79 Å². The summed E-state index contributed by atoms with van der Waals surface area (Å²) in [6.45, 7) is 2.05. The molecule has 0 saturated heterocycles. The van der Waals surface area contributed by atoms with E-state index < -0.39 is 0 Å². The molecule has 1 fully saturated rings. The van der Waals surface area contributed by atoms with Crippen LogP contribution in [0.15, 0.2) is 24.3 Å². The lowest BCUT2D eigenvalue weighted by atomic mass is 9.88. The van der Waals surface area contributed by atoms with Gasteiger partial charge in [0.05, 0.1) is 0 Å². The second kappa shape index (κ2) is 5.15. The van der Waals surface area contributed by atoms with E-state index in [0.29, 0.717) is 0 Å². The van der Waals surface area contributed by atoms with Gasteiger partial charge in [0.2, 0.25) is 5.91 Å². The molecule has 2 heteroatoms.